The van der Waals surface area contributed by atoms with E-state index in [1.807, 2.05) is 0 Å². The van der Waals surface area contributed by atoms with Crippen LogP contribution in [-0.2, 0) is 22.6 Å². The molecule has 3 aromatic rings. The number of nitrogens with zero attached hydrogens (tertiary/aromatic N) is 1. The Balaban J connectivity index is 2.12. The van der Waals surface area contributed by atoms with E-state index in [0.717, 1.165) is 6.07 Å². The van der Waals surface area contributed by atoms with Gasteiger partial charge < -0.3 is 4.57 Å². The lowest BCUT2D eigenvalue weighted by molar-refractivity contribution is -0.137. The van der Waals surface area contributed by atoms with Crippen molar-refractivity contribution >= 4 is 10.7 Å². The Hall–Kier alpha value is -2.54. The third kappa shape index (κ3) is 3.67. The van der Waals surface area contributed by atoms with Crippen molar-refractivity contribution < 1.29 is 21.6 Å². The van der Waals surface area contributed by atoms with Gasteiger partial charge in [-0.2, -0.15) is 13.2 Å². The highest BCUT2D eigenvalue weighted by Gasteiger charge is 2.34. The van der Waals surface area contributed by atoms with Crippen LogP contribution < -0.4 is 0 Å². The second kappa shape index (κ2) is 6.99. The van der Waals surface area contributed by atoms with Crippen LogP contribution in [0.5, 0.6) is 0 Å². The number of hydrogen-bond donors (Lipinski definition) is 1. The summed E-state index contributed by atoms with van der Waals surface area (Å²) in [7, 11) is -2.53. The summed E-state index contributed by atoms with van der Waals surface area (Å²) >= 11 is 0. The first-order chi connectivity index (χ1) is 12.3. The van der Waals surface area contributed by atoms with Crippen molar-refractivity contribution in [1.82, 2.24) is 4.57 Å². The molecule has 0 saturated heterocycles. The average Bonchev–Trinajstić information content (AvgIpc) is 2.96. The van der Waals surface area contributed by atoms with Gasteiger partial charge in [-0.1, -0.05) is 30.3 Å². The van der Waals surface area contributed by atoms with Crippen LogP contribution in [0.3, 0.4) is 0 Å². The third-order valence-corrected chi connectivity index (χ3v) is 4.73. The van der Waals surface area contributed by atoms with Crippen LogP contribution in [0.25, 0.3) is 16.9 Å². The van der Waals surface area contributed by atoms with Gasteiger partial charge in [0.2, 0.25) is 0 Å². The van der Waals surface area contributed by atoms with Gasteiger partial charge in [0, 0.05) is 17.4 Å². The van der Waals surface area contributed by atoms with E-state index in [4.69, 9.17) is 0 Å². The lowest BCUT2D eigenvalue weighted by Gasteiger charge is -2.16. The molecule has 0 fully saturated rings. The molecule has 1 aromatic heterocycles. The zero-order chi connectivity index (χ0) is 18.9. The van der Waals surface area contributed by atoms with Gasteiger partial charge in [-0.15, -0.1) is 0 Å². The molecule has 0 N–H and O–H groups in total. The number of halogens is 3. The SMILES string of the molecule is Cc1ccn(-c2ccc(C[SH](=O)=O)cc2)c1-c1ccccc1C(F)(F)F. The van der Waals surface area contributed by atoms with E-state index in [0.29, 0.717) is 22.5 Å². The molecular formula is C19H16F3NO2S. The van der Waals surface area contributed by atoms with Gasteiger partial charge in [-0.05, 0) is 42.3 Å². The van der Waals surface area contributed by atoms with E-state index in [-0.39, 0.29) is 11.3 Å². The molecule has 0 saturated carbocycles. The number of benzene rings is 2. The fourth-order valence-corrected chi connectivity index (χ4v) is 3.44. The molecule has 1 heterocycles. The van der Waals surface area contributed by atoms with E-state index < -0.39 is 22.4 Å². The fraction of sp³-hybridized carbons (Fsp3) is 0.158. The zero-order valence-corrected chi connectivity index (χ0v) is 14.7. The maximum atomic E-state index is 13.4. The lowest BCUT2D eigenvalue weighted by atomic mass is 10.0. The Kier molecular flexibility index (Phi) is 4.91. The van der Waals surface area contributed by atoms with Crippen LogP contribution in [0, 0.1) is 6.92 Å². The number of aromatic nitrogens is 1. The highest BCUT2D eigenvalue weighted by Crippen LogP contribution is 2.39. The van der Waals surface area contributed by atoms with Crippen LogP contribution >= 0.6 is 0 Å². The van der Waals surface area contributed by atoms with Crippen molar-refractivity contribution in [2.45, 2.75) is 18.9 Å². The molecule has 2 aromatic carbocycles. The quantitative estimate of drug-likeness (QED) is 0.674. The van der Waals surface area contributed by atoms with Crippen molar-refractivity contribution in [3.8, 4) is 16.9 Å². The Morgan fingerprint density at radius 1 is 0.962 bits per heavy atom. The van der Waals surface area contributed by atoms with Crippen molar-refractivity contribution in [3.05, 3.63) is 77.5 Å². The Labute approximate surface area is 150 Å². The van der Waals surface area contributed by atoms with Crippen LogP contribution in [0.2, 0.25) is 0 Å². The van der Waals surface area contributed by atoms with Gasteiger partial charge >= 0.3 is 6.18 Å². The Morgan fingerprint density at radius 2 is 1.62 bits per heavy atom. The van der Waals surface area contributed by atoms with E-state index >= 15 is 0 Å². The molecule has 0 aliphatic heterocycles. The lowest BCUT2D eigenvalue weighted by Crippen LogP contribution is -2.08. The summed E-state index contributed by atoms with van der Waals surface area (Å²) in [5, 5.41) is 0. The summed E-state index contributed by atoms with van der Waals surface area (Å²) in [4.78, 5) is 0. The maximum Gasteiger partial charge on any atom is 0.417 e. The summed E-state index contributed by atoms with van der Waals surface area (Å²) in [6, 6.07) is 14.0. The largest absolute Gasteiger partial charge is 0.417 e. The van der Waals surface area contributed by atoms with Gasteiger partial charge in [-0.3, -0.25) is 0 Å². The first-order valence-electron chi connectivity index (χ1n) is 7.83. The number of aryl methyl sites for hydroxylation is 1. The van der Waals surface area contributed by atoms with Gasteiger partial charge in [0.05, 0.1) is 17.0 Å². The molecule has 0 radical (unpaired) electrons. The van der Waals surface area contributed by atoms with Crippen molar-refractivity contribution in [3.63, 3.8) is 0 Å². The zero-order valence-electron chi connectivity index (χ0n) is 13.8. The van der Waals surface area contributed by atoms with Gasteiger partial charge in [0.25, 0.3) is 0 Å². The van der Waals surface area contributed by atoms with Crippen LogP contribution in [0.4, 0.5) is 13.2 Å². The standard InChI is InChI=1S/C19H16F3NO2S/c1-13-10-11-23(15-8-6-14(7-9-15)12-26(24)25)18(13)16-4-2-3-5-17(16)19(20,21)22/h2-11,26H,12H2,1H3. The van der Waals surface area contributed by atoms with Crippen LogP contribution in [-0.4, -0.2) is 13.0 Å². The topological polar surface area (TPSA) is 39.1 Å². The van der Waals surface area contributed by atoms with Crippen molar-refractivity contribution in [2.75, 3.05) is 0 Å². The molecule has 0 bridgehead atoms. The first kappa shape index (κ1) is 18.3. The first-order valence-corrected chi connectivity index (χ1v) is 9.19. The smallest absolute Gasteiger partial charge is 0.316 e. The molecule has 0 aliphatic rings. The minimum Gasteiger partial charge on any atom is -0.316 e. The van der Waals surface area contributed by atoms with Crippen LogP contribution in [0.1, 0.15) is 16.7 Å². The van der Waals surface area contributed by atoms with Gasteiger partial charge in [0.1, 0.15) is 10.7 Å². The highest BCUT2D eigenvalue weighted by molar-refractivity contribution is 7.71. The second-order valence-electron chi connectivity index (χ2n) is 5.92. The van der Waals surface area contributed by atoms with E-state index in [1.165, 1.54) is 12.1 Å². The van der Waals surface area contributed by atoms with E-state index in [2.05, 4.69) is 0 Å². The molecule has 7 heteroatoms. The number of alkyl halides is 3. The molecule has 26 heavy (non-hydrogen) atoms. The predicted molar refractivity (Wildman–Crippen MR) is 95.0 cm³/mol. The van der Waals surface area contributed by atoms with E-state index in [9.17, 15) is 21.6 Å². The number of hydrogen-bond acceptors (Lipinski definition) is 2. The Bertz CT molecular complexity index is 994. The molecular weight excluding hydrogens is 363 g/mol. The third-order valence-electron chi connectivity index (χ3n) is 4.10. The minimum atomic E-state index is -4.46. The molecule has 3 rings (SSSR count). The second-order valence-corrected chi connectivity index (χ2v) is 6.90. The molecule has 136 valence electrons. The minimum absolute atomic E-state index is 0.0654. The number of thiol groups is 1. The molecule has 3 nitrogen and oxygen atoms in total. The summed E-state index contributed by atoms with van der Waals surface area (Å²) in [5.74, 6) is -0.0654. The molecule has 0 aliphatic carbocycles. The Morgan fingerprint density at radius 3 is 2.23 bits per heavy atom. The fourth-order valence-electron chi connectivity index (χ4n) is 2.93. The van der Waals surface area contributed by atoms with Crippen LogP contribution in [0.15, 0.2) is 60.8 Å². The normalized spacial score (nSPS) is 11.9. The summed E-state index contributed by atoms with van der Waals surface area (Å²) < 4.78 is 63.6. The van der Waals surface area contributed by atoms with Gasteiger partial charge in [0.15, 0.2) is 0 Å². The molecule has 0 amide bonds. The maximum absolute atomic E-state index is 13.4. The summed E-state index contributed by atoms with van der Waals surface area (Å²) in [6.45, 7) is 1.76. The molecule has 0 spiro atoms. The summed E-state index contributed by atoms with van der Waals surface area (Å²) in [6.07, 6.45) is -2.75. The highest BCUT2D eigenvalue weighted by atomic mass is 32.2. The predicted octanol–water partition coefficient (Wildman–Crippen LogP) is 4.58. The van der Waals surface area contributed by atoms with E-state index in [1.54, 1.807) is 54.1 Å². The number of rotatable bonds is 4. The summed E-state index contributed by atoms with van der Waals surface area (Å²) in [5.41, 5.74) is 1.88. The average molecular weight is 379 g/mol. The van der Waals surface area contributed by atoms with Gasteiger partial charge in [-0.25, -0.2) is 8.42 Å². The van der Waals surface area contributed by atoms with Crippen molar-refractivity contribution in [1.29, 1.82) is 0 Å². The molecule has 0 atom stereocenters. The monoisotopic (exact) mass is 379 g/mol. The van der Waals surface area contributed by atoms with Crippen molar-refractivity contribution in [2.24, 2.45) is 0 Å². The molecule has 0 unspecified atom stereocenters.